The largest absolute Gasteiger partial charge is 0.473 e. The summed E-state index contributed by atoms with van der Waals surface area (Å²) in [6.07, 6.45) is 4.22. The summed E-state index contributed by atoms with van der Waals surface area (Å²) in [5.74, 6) is 0.119. The van der Waals surface area contributed by atoms with Crippen LogP contribution in [0.1, 0.15) is 42.5 Å². The first-order valence-corrected chi connectivity index (χ1v) is 12.5. The average molecular weight is 517 g/mol. The fraction of sp³-hybridized carbons (Fsp3) is 0.393. The number of nitriles is 1. The molecule has 0 unspecified atom stereocenters. The topological polar surface area (TPSA) is 133 Å². The van der Waals surface area contributed by atoms with Crippen molar-refractivity contribution in [3.05, 3.63) is 59.8 Å². The summed E-state index contributed by atoms with van der Waals surface area (Å²) in [5.41, 5.74) is 3.85. The van der Waals surface area contributed by atoms with Crippen molar-refractivity contribution in [1.82, 2.24) is 15.0 Å². The number of nitrogens with one attached hydrogen (secondary N) is 1. The van der Waals surface area contributed by atoms with Crippen LogP contribution >= 0.6 is 0 Å². The van der Waals surface area contributed by atoms with E-state index in [-0.39, 0.29) is 12.5 Å². The third-order valence-corrected chi connectivity index (χ3v) is 6.24. The van der Waals surface area contributed by atoms with Crippen molar-refractivity contribution < 1.29 is 19.4 Å². The number of carbonyl (C=O) groups is 1. The number of anilines is 2. The van der Waals surface area contributed by atoms with E-state index < -0.39 is 11.5 Å². The van der Waals surface area contributed by atoms with Gasteiger partial charge in [-0.15, -0.1) is 0 Å². The molecule has 1 aliphatic heterocycles. The van der Waals surface area contributed by atoms with Crippen LogP contribution in [0.3, 0.4) is 0 Å². The molecule has 198 valence electrons. The third-order valence-electron chi connectivity index (χ3n) is 6.24. The molecule has 4 heterocycles. The Kier molecular flexibility index (Phi) is 8.20. The van der Waals surface area contributed by atoms with E-state index in [2.05, 4.69) is 31.2 Å². The number of pyridine rings is 3. The minimum Gasteiger partial charge on any atom is -0.473 e. The molecular formula is C28H32N6O4. The number of nitrogens with zero attached hydrogens (tertiary/aromatic N) is 5. The van der Waals surface area contributed by atoms with Gasteiger partial charge in [0, 0.05) is 47.9 Å². The number of aromatic nitrogens is 3. The van der Waals surface area contributed by atoms with E-state index in [0.29, 0.717) is 49.1 Å². The van der Waals surface area contributed by atoms with Gasteiger partial charge in [-0.3, -0.25) is 14.8 Å². The van der Waals surface area contributed by atoms with Gasteiger partial charge in [-0.25, -0.2) is 4.98 Å². The van der Waals surface area contributed by atoms with Crippen LogP contribution in [-0.2, 0) is 10.2 Å². The fourth-order valence-electron chi connectivity index (χ4n) is 4.00. The number of hydrogen-bond donors (Lipinski definition) is 2. The Morgan fingerprint density at radius 3 is 2.71 bits per heavy atom. The molecule has 0 aliphatic carbocycles. The van der Waals surface area contributed by atoms with Gasteiger partial charge < -0.3 is 24.8 Å². The highest BCUT2D eigenvalue weighted by Crippen LogP contribution is 2.34. The minimum absolute atomic E-state index is 0.133. The Morgan fingerprint density at radius 2 is 2.00 bits per heavy atom. The molecule has 0 saturated carbocycles. The van der Waals surface area contributed by atoms with Gasteiger partial charge in [0.1, 0.15) is 12.3 Å². The van der Waals surface area contributed by atoms with Crippen molar-refractivity contribution in [2.45, 2.75) is 39.2 Å². The average Bonchev–Trinajstić information content (AvgIpc) is 2.93. The van der Waals surface area contributed by atoms with E-state index in [1.165, 1.54) is 6.20 Å². The summed E-state index contributed by atoms with van der Waals surface area (Å²) < 4.78 is 11.3. The minimum atomic E-state index is -0.814. The second kappa shape index (κ2) is 11.5. The number of ether oxygens (including phenoxy) is 2. The number of carbonyl (C=O) groups excluding carboxylic acids is 1. The van der Waals surface area contributed by atoms with Gasteiger partial charge in [-0.2, -0.15) is 5.26 Å². The maximum Gasteiger partial charge on any atom is 0.255 e. The quantitative estimate of drug-likeness (QED) is 0.461. The van der Waals surface area contributed by atoms with Crippen LogP contribution in [0.4, 0.5) is 11.4 Å². The van der Waals surface area contributed by atoms with Crippen molar-refractivity contribution in [3.63, 3.8) is 0 Å². The van der Waals surface area contributed by atoms with Crippen LogP contribution in [0.2, 0.25) is 0 Å². The van der Waals surface area contributed by atoms with Gasteiger partial charge in [-0.05, 0) is 52.0 Å². The zero-order valence-electron chi connectivity index (χ0n) is 22.1. The highest BCUT2D eigenvalue weighted by molar-refractivity contribution is 6.04. The van der Waals surface area contributed by atoms with E-state index in [1.54, 1.807) is 45.3 Å². The molecule has 3 aromatic heterocycles. The number of amides is 1. The molecule has 38 heavy (non-hydrogen) atoms. The maximum absolute atomic E-state index is 13.0. The van der Waals surface area contributed by atoms with E-state index >= 15 is 0 Å². The second-order valence-corrected chi connectivity index (χ2v) is 9.79. The lowest BCUT2D eigenvalue weighted by Gasteiger charge is -2.30. The Labute approximate surface area is 222 Å². The SMILES string of the molecule is Cc1ncc(NC(=O)c2ccnc(C(C)(C)C#N)c2)cc1-c1cnc(OC[C@@H](C)O)c(N2CCOCC2)c1. The van der Waals surface area contributed by atoms with Gasteiger partial charge in [0.05, 0.1) is 48.4 Å². The molecule has 0 radical (unpaired) electrons. The lowest BCUT2D eigenvalue weighted by atomic mass is 9.90. The van der Waals surface area contributed by atoms with E-state index in [4.69, 9.17) is 9.47 Å². The summed E-state index contributed by atoms with van der Waals surface area (Å²) in [4.78, 5) is 28.5. The lowest BCUT2D eigenvalue weighted by molar-refractivity contribution is 0.102. The highest BCUT2D eigenvalue weighted by atomic mass is 16.5. The highest BCUT2D eigenvalue weighted by Gasteiger charge is 2.23. The van der Waals surface area contributed by atoms with Crippen LogP contribution in [0.25, 0.3) is 11.1 Å². The predicted octanol–water partition coefficient (Wildman–Crippen LogP) is 3.50. The van der Waals surface area contributed by atoms with Crippen molar-refractivity contribution in [2.24, 2.45) is 0 Å². The molecule has 10 heteroatoms. The number of aliphatic hydroxyl groups is 1. The molecule has 4 rings (SSSR count). The molecule has 0 bridgehead atoms. The molecule has 0 aromatic carbocycles. The summed E-state index contributed by atoms with van der Waals surface area (Å²) in [5, 5.41) is 22.0. The molecule has 10 nitrogen and oxygen atoms in total. The monoisotopic (exact) mass is 516 g/mol. The van der Waals surface area contributed by atoms with Gasteiger partial charge in [0.15, 0.2) is 0 Å². The number of aliphatic hydroxyl groups excluding tert-OH is 1. The van der Waals surface area contributed by atoms with Gasteiger partial charge in [-0.1, -0.05) is 0 Å². The van der Waals surface area contributed by atoms with Gasteiger partial charge in [0.2, 0.25) is 5.88 Å². The van der Waals surface area contributed by atoms with Crippen molar-refractivity contribution in [3.8, 4) is 23.1 Å². The molecule has 1 atom stereocenters. The summed E-state index contributed by atoms with van der Waals surface area (Å²) >= 11 is 0. The van der Waals surface area contributed by atoms with Crippen LogP contribution in [0.5, 0.6) is 5.88 Å². The van der Waals surface area contributed by atoms with E-state index in [9.17, 15) is 15.2 Å². The maximum atomic E-state index is 13.0. The molecule has 3 aromatic rings. The number of hydrogen-bond acceptors (Lipinski definition) is 9. The first kappa shape index (κ1) is 27.0. The standard InChI is InChI=1S/C28H32N6O4/c1-18(35)16-38-27-24(34-7-9-37-10-8-34)11-21(14-32-27)23-13-22(15-31-19(23)2)33-26(36)20-5-6-30-25(12-20)28(3,4)17-29/h5-6,11-15,18,35H,7-10,16H2,1-4H3,(H,33,36)/t18-/m1/s1. The van der Waals surface area contributed by atoms with Crippen LogP contribution in [0, 0.1) is 18.3 Å². The fourth-order valence-corrected chi connectivity index (χ4v) is 4.00. The molecule has 0 spiro atoms. The Bertz CT molecular complexity index is 1350. The molecule has 2 N–H and O–H groups in total. The second-order valence-electron chi connectivity index (χ2n) is 9.79. The Balaban J connectivity index is 1.62. The first-order valence-electron chi connectivity index (χ1n) is 12.5. The number of aryl methyl sites for hydroxylation is 1. The Morgan fingerprint density at radius 1 is 1.24 bits per heavy atom. The smallest absolute Gasteiger partial charge is 0.255 e. The van der Waals surface area contributed by atoms with Gasteiger partial charge >= 0.3 is 0 Å². The number of morpholine rings is 1. The van der Waals surface area contributed by atoms with Crippen LogP contribution in [0.15, 0.2) is 42.9 Å². The predicted molar refractivity (Wildman–Crippen MR) is 143 cm³/mol. The zero-order chi connectivity index (χ0) is 27.3. The first-order chi connectivity index (χ1) is 18.2. The summed E-state index contributed by atoms with van der Waals surface area (Å²) in [7, 11) is 0. The molecule has 1 saturated heterocycles. The van der Waals surface area contributed by atoms with E-state index in [0.717, 1.165) is 22.5 Å². The summed E-state index contributed by atoms with van der Waals surface area (Å²) in [6, 6.07) is 9.30. The van der Waals surface area contributed by atoms with E-state index in [1.807, 2.05) is 19.1 Å². The zero-order valence-corrected chi connectivity index (χ0v) is 22.1. The third kappa shape index (κ3) is 6.25. The molecule has 1 amide bonds. The normalized spacial score (nSPS) is 14.5. The summed E-state index contributed by atoms with van der Waals surface area (Å²) in [6.45, 7) is 9.80. The van der Waals surface area contributed by atoms with Crippen LogP contribution < -0.4 is 15.0 Å². The molecule has 1 aliphatic rings. The van der Waals surface area contributed by atoms with Crippen LogP contribution in [-0.4, -0.2) is 65.0 Å². The Hall–Kier alpha value is -4.07. The van der Waals surface area contributed by atoms with Gasteiger partial charge in [0.25, 0.3) is 5.91 Å². The van der Waals surface area contributed by atoms with Crippen molar-refractivity contribution in [1.29, 1.82) is 5.26 Å². The number of rotatable bonds is 8. The molecular weight excluding hydrogens is 484 g/mol. The lowest BCUT2D eigenvalue weighted by Crippen LogP contribution is -2.36. The van der Waals surface area contributed by atoms with Crippen molar-refractivity contribution in [2.75, 3.05) is 43.1 Å². The molecule has 1 fully saturated rings. The van der Waals surface area contributed by atoms with Crippen molar-refractivity contribution >= 4 is 17.3 Å².